The first-order chi connectivity index (χ1) is 15.7. The summed E-state index contributed by atoms with van der Waals surface area (Å²) in [7, 11) is 1.59. The molecule has 0 aliphatic heterocycles. The third-order valence-electron chi connectivity index (χ3n) is 4.48. The van der Waals surface area contributed by atoms with E-state index >= 15 is 0 Å². The van der Waals surface area contributed by atoms with Gasteiger partial charge in [-0.3, -0.25) is 14.3 Å². The van der Waals surface area contributed by atoms with Crippen LogP contribution in [0.5, 0.6) is 5.75 Å². The molecule has 0 fully saturated rings. The Balaban J connectivity index is 1.70. The number of carbonyl (C=O) groups is 2. The average Bonchev–Trinajstić information content (AvgIpc) is 3.33. The van der Waals surface area contributed by atoms with Crippen molar-refractivity contribution in [3.8, 4) is 5.75 Å². The number of anilines is 1. The molecule has 0 radical (unpaired) electrons. The molecule has 174 valence electrons. The first kappa shape index (κ1) is 24.3. The van der Waals surface area contributed by atoms with E-state index in [2.05, 4.69) is 41.1 Å². The number of hydrogen-bond acceptors (Lipinski definition) is 7. The predicted octanol–water partition coefficient (Wildman–Crippen LogP) is 4.06. The van der Waals surface area contributed by atoms with E-state index < -0.39 is 11.9 Å². The largest absolute Gasteiger partial charge is 0.497 e. The van der Waals surface area contributed by atoms with Crippen LogP contribution in [0.4, 0.5) is 5.69 Å². The highest BCUT2D eigenvalue weighted by Gasteiger charge is 2.23. The summed E-state index contributed by atoms with van der Waals surface area (Å²) in [6, 6.07) is 14.0. The van der Waals surface area contributed by atoms with Crippen LogP contribution in [0.3, 0.4) is 0 Å². The van der Waals surface area contributed by atoms with E-state index in [1.807, 2.05) is 48.5 Å². The predicted molar refractivity (Wildman–Crippen MR) is 128 cm³/mol. The third-order valence-corrected chi connectivity index (χ3v) is 5.70. The van der Waals surface area contributed by atoms with Crippen LogP contribution >= 0.6 is 11.9 Å². The number of nitrogens with one attached hydrogen (secondary N) is 3. The molecule has 2 amide bonds. The Morgan fingerprint density at radius 2 is 1.79 bits per heavy atom. The van der Waals surface area contributed by atoms with Gasteiger partial charge >= 0.3 is 0 Å². The second kappa shape index (κ2) is 11.0. The van der Waals surface area contributed by atoms with Gasteiger partial charge in [-0.1, -0.05) is 12.1 Å². The Kier molecular flexibility index (Phi) is 8.13. The van der Waals surface area contributed by atoms with Crippen LogP contribution in [0.25, 0.3) is 0 Å². The van der Waals surface area contributed by atoms with Crippen molar-refractivity contribution >= 4 is 29.4 Å². The quantitative estimate of drug-likeness (QED) is 0.407. The molecule has 33 heavy (non-hydrogen) atoms. The number of benzene rings is 2. The van der Waals surface area contributed by atoms with Gasteiger partial charge in [0.1, 0.15) is 18.1 Å². The van der Waals surface area contributed by atoms with E-state index in [1.54, 1.807) is 7.11 Å². The molecule has 1 heterocycles. The van der Waals surface area contributed by atoms with Crippen molar-refractivity contribution in [1.29, 1.82) is 0 Å². The lowest BCUT2D eigenvalue weighted by Crippen LogP contribution is -2.45. The van der Waals surface area contributed by atoms with Gasteiger partial charge in [0.15, 0.2) is 12.1 Å². The van der Waals surface area contributed by atoms with Crippen molar-refractivity contribution in [1.82, 2.24) is 15.0 Å². The second-order valence-electron chi connectivity index (χ2n) is 8.42. The Labute approximate surface area is 197 Å². The average molecular weight is 469 g/mol. The molecule has 1 aromatic heterocycles. The summed E-state index contributed by atoms with van der Waals surface area (Å²) in [5.74, 6) is -0.112. The van der Waals surface area contributed by atoms with Crippen LogP contribution in [0, 0.1) is 0 Å². The monoisotopic (exact) mass is 468 g/mol. The molecule has 0 aliphatic rings. The minimum Gasteiger partial charge on any atom is -0.497 e. The molecular weight excluding hydrogens is 440 g/mol. The third kappa shape index (κ3) is 7.65. The van der Waals surface area contributed by atoms with Gasteiger partial charge in [-0.25, -0.2) is 4.98 Å². The standard InChI is InChI=1S/C24H28N4O4S/c1-24(2,3)28-33-19-11-7-17(8-12-19)26-22(29)20(27-23(30)21-14-32-15-25-21)13-16-5-9-18(31-4)10-6-16/h5-12,14-15,20,28H,13H2,1-4H3,(H,26,29)(H,27,30)/t20-/m0/s1. The summed E-state index contributed by atoms with van der Waals surface area (Å²) >= 11 is 1.53. The molecule has 2 aromatic carbocycles. The molecule has 0 unspecified atom stereocenters. The van der Waals surface area contributed by atoms with Crippen LogP contribution in [0.1, 0.15) is 36.8 Å². The lowest BCUT2D eigenvalue weighted by molar-refractivity contribution is -0.118. The molecule has 3 N–H and O–H groups in total. The number of oxazole rings is 1. The van der Waals surface area contributed by atoms with E-state index in [4.69, 9.17) is 9.15 Å². The molecule has 1 atom stereocenters. The van der Waals surface area contributed by atoms with Gasteiger partial charge in [-0.05, 0) is 74.7 Å². The lowest BCUT2D eigenvalue weighted by atomic mass is 10.0. The topological polar surface area (TPSA) is 105 Å². The van der Waals surface area contributed by atoms with Crippen LogP contribution < -0.4 is 20.1 Å². The minimum absolute atomic E-state index is 0.0196. The number of carbonyl (C=O) groups excluding carboxylic acids is 2. The second-order valence-corrected chi connectivity index (χ2v) is 9.30. The maximum absolute atomic E-state index is 13.1. The summed E-state index contributed by atoms with van der Waals surface area (Å²) in [5.41, 5.74) is 1.59. The van der Waals surface area contributed by atoms with Crippen LogP contribution in [0.15, 0.2) is 70.5 Å². The van der Waals surface area contributed by atoms with Crippen LogP contribution in [-0.2, 0) is 11.2 Å². The van der Waals surface area contributed by atoms with Crippen molar-refractivity contribution in [3.05, 3.63) is 72.4 Å². The number of ether oxygens (including phenoxy) is 1. The number of methoxy groups -OCH3 is 1. The number of rotatable bonds is 9. The summed E-state index contributed by atoms with van der Waals surface area (Å²) in [6.07, 6.45) is 2.70. The zero-order valence-electron chi connectivity index (χ0n) is 19.0. The van der Waals surface area contributed by atoms with Gasteiger partial charge in [0.05, 0.1) is 7.11 Å². The lowest BCUT2D eigenvalue weighted by Gasteiger charge is -2.20. The normalized spacial score (nSPS) is 12.1. The summed E-state index contributed by atoms with van der Waals surface area (Å²) in [6.45, 7) is 6.26. The van der Waals surface area contributed by atoms with Crippen LogP contribution in [-0.4, -0.2) is 35.5 Å². The Hall–Kier alpha value is -3.30. The molecule has 0 saturated heterocycles. The van der Waals surface area contributed by atoms with E-state index in [1.165, 1.54) is 24.6 Å². The minimum atomic E-state index is -0.820. The van der Waals surface area contributed by atoms with E-state index in [-0.39, 0.29) is 17.1 Å². The fraction of sp³-hybridized carbons (Fsp3) is 0.292. The summed E-state index contributed by atoms with van der Waals surface area (Å²) < 4.78 is 13.4. The van der Waals surface area contributed by atoms with Gasteiger partial charge < -0.3 is 19.8 Å². The molecule has 0 spiro atoms. The summed E-state index contributed by atoms with van der Waals surface area (Å²) in [5, 5.41) is 5.63. The maximum atomic E-state index is 13.1. The molecule has 0 saturated carbocycles. The fourth-order valence-corrected chi connectivity index (χ4v) is 3.51. The number of aromatic nitrogens is 1. The molecular formula is C24H28N4O4S. The smallest absolute Gasteiger partial charge is 0.273 e. The maximum Gasteiger partial charge on any atom is 0.273 e. The molecule has 9 heteroatoms. The fourth-order valence-electron chi connectivity index (χ4n) is 2.81. The number of hydrogen-bond donors (Lipinski definition) is 3. The van der Waals surface area contributed by atoms with E-state index in [0.717, 1.165) is 10.5 Å². The van der Waals surface area contributed by atoms with Crippen molar-refractivity contribution < 1.29 is 18.7 Å². The van der Waals surface area contributed by atoms with Crippen molar-refractivity contribution in [3.63, 3.8) is 0 Å². The molecule has 8 nitrogen and oxygen atoms in total. The van der Waals surface area contributed by atoms with Crippen molar-refractivity contribution in [2.45, 2.75) is 43.7 Å². The van der Waals surface area contributed by atoms with Gasteiger partial charge in [0.25, 0.3) is 5.91 Å². The van der Waals surface area contributed by atoms with E-state index in [0.29, 0.717) is 17.9 Å². The van der Waals surface area contributed by atoms with Crippen molar-refractivity contribution in [2.75, 3.05) is 12.4 Å². The first-order valence-electron chi connectivity index (χ1n) is 10.4. The van der Waals surface area contributed by atoms with Gasteiger partial charge in [0.2, 0.25) is 5.91 Å². The molecule has 0 aliphatic carbocycles. The highest BCUT2D eigenvalue weighted by Crippen LogP contribution is 2.21. The highest BCUT2D eigenvalue weighted by atomic mass is 32.2. The summed E-state index contributed by atoms with van der Waals surface area (Å²) in [4.78, 5) is 30.5. The first-order valence-corrected chi connectivity index (χ1v) is 11.2. The Bertz CT molecular complexity index is 1050. The van der Waals surface area contributed by atoms with Crippen molar-refractivity contribution in [2.24, 2.45) is 0 Å². The molecule has 3 aromatic rings. The highest BCUT2D eigenvalue weighted by molar-refractivity contribution is 7.97. The zero-order chi connectivity index (χ0) is 23.8. The van der Waals surface area contributed by atoms with Gasteiger partial charge in [-0.15, -0.1) is 0 Å². The molecule has 3 rings (SSSR count). The van der Waals surface area contributed by atoms with E-state index in [9.17, 15) is 9.59 Å². The van der Waals surface area contributed by atoms with Gasteiger partial charge in [0, 0.05) is 22.5 Å². The van der Waals surface area contributed by atoms with Crippen LogP contribution in [0.2, 0.25) is 0 Å². The Morgan fingerprint density at radius 3 is 2.36 bits per heavy atom. The SMILES string of the molecule is COc1ccc(C[C@H](NC(=O)c2cocn2)C(=O)Nc2ccc(SNC(C)(C)C)cc2)cc1. The van der Waals surface area contributed by atoms with Gasteiger partial charge in [-0.2, -0.15) is 0 Å². The Morgan fingerprint density at radius 1 is 1.09 bits per heavy atom. The number of amides is 2. The molecule has 0 bridgehead atoms. The zero-order valence-corrected chi connectivity index (χ0v) is 19.9. The number of nitrogens with zero attached hydrogens (tertiary/aromatic N) is 1.